The standard InChI is InChI=1S/C12H20N2O/c1-3-5-10-7-8-14(9-10)12(15)11(13)6-4-2/h2,10-11H,3,5-9,13H2,1H3. The van der Waals surface area contributed by atoms with E-state index in [2.05, 4.69) is 12.8 Å². The van der Waals surface area contributed by atoms with Gasteiger partial charge in [0, 0.05) is 19.5 Å². The molecule has 3 nitrogen and oxygen atoms in total. The summed E-state index contributed by atoms with van der Waals surface area (Å²) in [6.07, 6.45) is 8.98. The molecule has 0 saturated carbocycles. The molecule has 15 heavy (non-hydrogen) atoms. The Labute approximate surface area is 92.0 Å². The predicted molar refractivity (Wildman–Crippen MR) is 61.0 cm³/mol. The number of nitrogens with zero attached hydrogens (tertiary/aromatic N) is 1. The van der Waals surface area contributed by atoms with Gasteiger partial charge < -0.3 is 10.6 Å². The molecule has 1 heterocycles. The summed E-state index contributed by atoms with van der Waals surface area (Å²) in [6, 6.07) is -0.504. The van der Waals surface area contributed by atoms with Gasteiger partial charge in [0.05, 0.1) is 6.04 Å². The summed E-state index contributed by atoms with van der Waals surface area (Å²) in [5.74, 6) is 3.12. The van der Waals surface area contributed by atoms with Crippen LogP contribution in [0.25, 0.3) is 0 Å². The third-order valence-electron chi connectivity index (χ3n) is 2.95. The molecule has 0 aromatic heterocycles. The number of rotatable bonds is 4. The van der Waals surface area contributed by atoms with Gasteiger partial charge in [-0.2, -0.15) is 0 Å². The minimum Gasteiger partial charge on any atom is -0.341 e. The van der Waals surface area contributed by atoms with Crippen molar-refractivity contribution in [2.24, 2.45) is 11.7 Å². The van der Waals surface area contributed by atoms with Crippen LogP contribution in [0.5, 0.6) is 0 Å². The van der Waals surface area contributed by atoms with Crippen molar-refractivity contribution in [2.45, 2.75) is 38.6 Å². The number of nitrogens with two attached hydrogens (primary N) is 1. The van der Waals surface area contributed by atoms with E-state index in [4.69, 9.17) is 12.2 Å². The fraction of sp³-hybridized carbons (Fsp3) is 0.750. The van der Waals surface area contributed by atoms with Crippen molar-refractivity contribution >= 4 is 5.91 Å². The number of likely N-dealkylation sites (tertiary alicyclic amines) is 1. The lowest BCUT2D eigenvalue weighted by molar-refractivity contribution is -0.131. The smallest absolute Gasteiger partial charge is 0.240 e. The summed E-state index contributed by atoms with van der Waals surface area (Å²) in [5.41, 5.74) is 5.69. The second kappa shape index (κ2) is 5.77. The Bertz CT molecular complexity index is 257. The van der Waals surface area contributed by atoms with Gasteiger partial charge >= 0.3 is 0 Å². The molecular weight excluding hydrogens is 188 g/mol. The molecule has 1 fully saturated rings. The van der Waals surface area contributed by atoms with Gasteiger partial charge in [-0.05, 0) is 18.8 Å². The molecule has 84 valence electrons. The highest BCUT2D eigenvalue weighted by Crippen LogP contribution is 2.21. The molecule has 0 aromatic rings. The van der Waals surface area contributed by atoms with Crippen LogP contribution in [0.3, 0.4) is 0 Å². The highest BCUT2D eigenvalue weighted by molar-refractivity contribution is 5.82. The quantitative estimate of drug-likeness (QED) is 0.700. The first-order chi connectivity index (χ1) is 7.19. The second-order valence-corrected chi connectivity index (χ2v) is 4.24. The van der Waals surface area contributed by atoms with E-state index in [1.165, 1.54) is 12.8 Å². The van der Waals surface area contributed by atoms with Gasteiger partial charge in [-0.15, -0.1) is 12.3 Å². The Morgan fingerprint density at radius 1 is 1.73 bits per heavy atom. The summed E-state index contributed by atoms with van der Waals surface area (Å²) in [5, 5.41) is 0. The molecule has 0 aromatic carbocycles. The minimum absolute atomic E-state index is 0.0200. The Balaban J connectivity index is 2.40. The molecule has 2 N–H and O–H groups in total. The van der Waals surface area contributed by atoms with Crippen molar-refractivity contribution in [3.63, 3.8) is 0 Å². The van der Waals surface area contributed by atoms with Gasteiger partial charge in [0.2, 0.25) is 5.91 Å². The lowest BCUT2D eigenvalue weighted by Crippen LogP contribution is -2.42. The molecule has 1 aliphatic heterocycles. The van der Waals surface area contributed by atoms with Gasteiger partial charge in [0.15, 0.2) is 0 Å². The fourth-order valence-corrected chi connectivity index (χ4v) is 2.13. The molecule has 2 unspecified atom stereocenters. The molecule has 1 aliphatic rings. The topological polar surface area (TPSA) is 46.3 Å². The van der Waals surface area contributed by atoms with Gasteiger partial charge in [0.1, 0.15) is 0 Å². The Morgan fingerprint density at radius 3 is 3.07 bits per heavy atom. The van der Waals surface area contributed by atoms with Crippen molar-refractivity contribution in [3.8, 4) is 12.3 Å². The van der Waals surface area contributed by atoms with E-state index >= 15 is 0 Å². The van der Waals surface area contributed by atoms with E-state index in [0.717, 1.165) is 19.5 Å². The summed E-state index contributed by atoms with van der Waals surface area (Å²) in [6.45, 7) is 3.89. The molecule has 1 rings (SSSR count). The first-order valence-corrected chi connectivity index (χ1v) is 5.66. The van der Waals surface area contributed by atoms with Crippen LogP contribution in [-0.2, 0) is 4.79 Å². The molecule has 2 atom stereocenters. The first-order valence-electron chi connectivity index (χ1n) is 5.66. The maximum Gasteiger partial charge on any atom is 0.240 e. The van der Waals surface area contributed by atoms with E-state index in [0.29, 0.717) is 12.3 Å². The van der Waals surface area contributed by atoms with E-state index in [9.17, 15) is 4.79 Å². The zero-order chi connectivity index (χ0) is 11.3. The average Bonchev–Trinajstić information content (AvgIpc) is 2.66. The number of carbonyl (C=O) groups is 1. The molecule has 0 aliphatic carbocycles. The third-order valence-corrected chi connectivity index (χ3v) is 2.95. The maximum atomic E-state index is 11.8. The predicted octanol–water partition coefficient (Wildman–Crippen LogP) is 0.986. The summed E-state index contributed by atoms with van der Waals surface area (Å²) >= 11 is 0. The SMILES string of the molecule is C#CCC(N)C(=O)N1CCC(CCC)C1. The fourth-order valence-electron chi connectivity index (χ4n) is 2.13. The zero-order valence-electron chi connectivity index (χ0n) is 9.41. The monoisotopic (exact) mass is 208 g/mol. The van der Waals surface area contributed by atoms with Crippen molar-refractivity contribution in [1.29, 1.82) is 0 Å². The van der Waals surface area contributed by atoms with Gasteiger partial charge in [-0.3, -0.25) is 4.79 Å². The van der Waals surface area contributed by atoms with Crippen LogP contribution < -0.4 is 5.73 Å². The van der Waals surface area contributed by atoms with Crippen LogP contribution in [0.1, 0.15) is 32.6 Å². The molecule has 1 amide bonds. The van der Waals surface area contributed by atoms with Crippen molar-refractivity contribution in [2.75, 3.05) is 13.1 Å². The van der Waals surface area contributed by atoms with E-state index < -0.39 is 6.04 Å². The Hall–Kier alpha value is -1.01. The van der Waals surface area contributed by atoms with Crippen molar-refractivity contribution in [1.82, 2.24) is 4.90 Å². The van der Waals surface area contributed by atoms with E-state index in [1.54, 1.807) is 0 Å². The van der Waals surface area contributed by atoms with Gasteiger partial charge in [-0.1, -0.05) is 13.3 Å². The summed E-state index contributed by atoms with van der Waals surface area (Å²) < 4.78 is 0. The summed E-state index contributed by atoms with van der Waals surface area (Å²) in [4.78, 5) is 13.7. The Morgan fingerprint density at radius 2 is 2.47 bits per heavy atom. The zero-order valence-corrected chi connectivity index (χ0v) is 9.41. The van der Waals surface area contributed by atoms with Crippen LogP contribution in [-0.4, -0.2) is 29.9 Å². The highest BCUT2D eigenvalue weighted by atomic mass is 16.2. The number of hydrogen-bond donors (Lipinski definition) is 1. The largest absolute Gasteiger partial charge is 0.341 e. The summed E-state index contributed by atoms with van der Waals surface area (Å²) in [7, 11) is 0. The normalized spacial score (nSPS) is 22.5. The maximum absolute atomic E-state index is 11.8. The van der Waals surface area contributed by atoms with E-state index in [-0.39, 0.29) is 5.91 Å². The average molecular weight is 208 g/mol. The van der Waals surface area contributed by atoms with Crippen LogP contribution in [0, 0.1) is 18.3 Å². The number of terminal acetylenes is 1. The molecule has 0 bridgehead atoms. The van der Waals surface area contributed by atoms with Crippen LogP contribution in [0.2, 0.25) is 0 Å². The second-order valence-electron chi connectivity index (χ2n) is 4.24. The third kappa shape index (κ3) is 3.24. The van der Waals surface area contributed by atoms with Crippen molar-refractivity contribution < 1.29 is 4.79 Å². The number of hydrogen-bond acceptors (Lipinski definition) is 2. The molecular formula is C12H20N2O. The minimum atomic E-state index is -0.504. The van der Waals surface area contributed by atoms with Gasteiger partial charge in [-0.25, -0.2) is 0 Å². The highest BCUT2D eigenvalue weighted by Gasteiger charge is 2.28. The molecule has 3 heteroatoms. The van der Waals surface area contributed by atoms with Crippen LogP contribution in [0.4, 0.5) is 0 Å². The molecule has 0 spiro atoms. The lowest BCUT2D eigenvalue weighted by Gasteiger charge is -2.19. The Kier molecular flexibility index (Phi) is 4.64. The molecule has 1 saturated heterocycles. The van der Waals surface area contributed by atoms with Crippen LogP contribution >= 0.6 is 0 Å². The first kappa shape index (κ1) is 12.1. The van der Waals surface area contributed by atoms with Crippen LogP contribution in [0.15, 0.2) is 0 Å². The van der Waals surface area contributed by atoms with E-state index in [1.807, 2.05) is 4.90 Å². The van der Waals surface area contributed by atoms with Gasteiger partial charge in [0.25, 0.3) is 0 Å². The molecule has 0 radical (unpaired) electrons. The number of amides is 1. The number of carbonyl (C=O) groups excluding carboxylic acids is 1. The lowest BCUT2D eigenvalue weighted by atomic mass is 10.0. The van der Waals surface area contributed by atoms with Crippen molar-refractivity contribution in [3.05, 3.63) is 0 Å².